The molecule has 2 rings (SSSR count). The molecular formula is C15H21NO3. The van der Waals surface area contributed by atoms with Crippen molar-refractivity contribution in [1.82, 2.24) is 4.90 Å². The SMILES string of the molecule is CCC1CN(CC(=O)c2ccc(OC)cc2)CCO1. The fourth-order valence-electron chi connectivity index (χ4n) is 2.24. The van der Waals surface area contributed by atoms with Crippen LogP contribution in [0.2, 0.25) is 0 Å². The van der Waals surface area contributed by atoms with E-state index in [-0.39, 0.29) is 11.9 Å². The largest absolute Gasteiger partial charge is 0.497 e. The van der Waals surface area contributed by atoms with Crippen LogP contribution in [0.5, 0.6) is 5.75 Å². The van der Waals surface area contributed by atoms with Crippen LogP contribution in [-0.4, -0.2) is 50.1 Å². The quantitative estimate of drug-likeness (QED) is 0.762. The van der Waals surface area contributed by atoms with Gasteiger partial charge in [0.25, 0.3) is 0 Å². The number of ketones is 1. The molecule has 1 aromatic carbocycles. The van der Waals surface area contributed by atoms with Gasteiger partial charge in [0.1, 0.15) is 5.75 Å². The van der Waals surface area contributed by atoms with E-state index in [1.165, 1.54) is 0 Å². The lowest BCUT2D eigenvalue weighted by Gasteiger charge is -2.31. The lowest BCUT2D eigenvalue weighted by Crippen LogP contribution is -2.44. The summed E-state index contributed by atoms with van der Waals surface area (Å²) >= 11 is 0. The molecule has 4 nitrogen and oxygen atoms in total. The van der Waals surface area contributed by atoms with Crippen molar-refractivity contribution in [3.63, 3.8) is 0 Å². The van der Waals surface area contributed by atoms with Gasteiger partial charge in [-0.25, -0.2) is 0 Å². The number of carbonyl (C=O) groups excluding carboxylic acids is 1. The number of carbonyl (C=O) groups is 1. The van der Waals surface area contributed by atoms with E-state index in [1.54, 1.807) is 7.11 Å². The smallest absolute Gasteiger partial charge is 0.176 e. The van der Waals surface area contributed by atoms with Gasteiger partial charge in [-0.2, -0.15) is 0 Å². The highest BCUT2D eigenvalue weighted by Crippen LogP contribution is 2.13. The molecule has 1 fully saturated rings. The average Bonchev–Trinajstić information content (AvgIpc) is 2.47. The predicted molar refractivity (Wildman–Crippen MR) is 73.8 cm³/mol. The van der Waals surface area contributed by atoms with Crippen LogP contribution >= 0.6 is 0 Å². The fraction of sp³-hybridized carbons (Fsp3) is 0.533. The molecule has 104 valence electrons. The van der Waals surface area contributed by atoms with Crippen LogP contribution in [0.15, 0.2) is 24.3 Å². The van der Waals surface area contributed by atoms with E-state index < -0.39 is 0 Å². The number of ether oxygens (including phenoxy) is 2. The topological polar surface area (TPSA) is 38.8 Å². The van der Waals surface area contributed by atoms with Crippen LogP contribution in [0.1, 0.15) is 23.7 Å². The van der Waals surface area contributed by atoms with Crippen molar-refractivity contribution in [2.24, 2.45) is 0 Å². The number of hydrogen-bond acceptors (Lipinski definition) is 4. The minimum atomic E-state index is 0.152. The van der Waals surface area contributed by atoms with Crippen molar-refractivity contribution in [3.8, 4) is 5.75 Å². The molecule has 4 heteroatoms. The summed E-state index contributed by atoms with van der Waals surface area (Å²) < 4.78 is 10.7. The Kier molecular flexibility index (Phi) is 4.93. The van der Waals surface area contributed by atoms with E-state index in [9.17, 15) is 4.79 Å². The second-order valence-electron chi connectivity index (χ2n) is 4.79. The molecule has 0 radical (unpaired) electrons. The van der Waals surface area contributed by atoms with Gasteiger partial charge in [0.2, 0.25) is 0 Å². The molecule has 0 aliphatic carbocycles. The molecule has 0 spiro atoms. The lowest BCUT2D eigenvalue weighted by molar-refractivity contribution is -0.0271. The Labute approximate surface area is 114 Å². The third-order valence-electron chi connectivity index (χ3n) is 3.46. The number of hydrogen-bond donors (Lipinski definition) is 0. The molecule has 19 heavy (non-hydrogen) atoms. The van der Waals surface area contributed by atoms with Crippen LogP contribution in [0.25, 0.3) is 0 Å². The Morgan fingerprint density at radius 3 is 2.79 bits per heavy atom. The van der Waals surface area contributed by atoms with E-state index in [2.05, 4.69) is 11.8 Å². The number of nitrogens with zero attached hydrogens (tertiary/aromatic N) is 1. The normalized spacial score (nSPS) is 20.2. The Bertz CT molecular complexity index is 416. The maximum absolute atomic E-state index is 12.2. The van der Waals surface area contributed by atoms with Gasteiger partial charge in [0, 0.05) is 18.7 Å². The Morgan fingerprint density at radius 2 is 2.16 bits per heavy atom. The van der Waals surface area contributed by atoms with Crippen LogP contribution < -0.4 is 4.74 Å². The van der Waals surface area contributed by atoms with Gasteiger partial charge >= 0.3 is 0 Å². The third-order valence-corrected chi connectivity index (χ3v) is 3.46. The summed E-state index contributed by atoms with van der Waals surface area (Å²) in [4.78, 5) is 14.4. The molecule has 1 heterocycles. The van der Waals surface area contributed by atoms with Crippen molar-refractivity contribution in [2.75, 3.05) is 33.4 Å². The summed E-state index contributed by atoms with van der Waals surface area (Å²) in [5, 5.41) is 0. The highest BCUT2D eigenvalue weighted by molar-refractivity contribution is 5.97. The minimum absolute atomic E-state index is 0.152. The van der Waals surface area contributed by atoms with E-state index in [4.69, 9.17) is 9.47 Å². The van der Waals surface area contributed by atoms with Gasteiger partial charge < -0.3 is 9.47 Å². The monoisotopic (exact) mass is 263 g/mol. The van der Waals surface area contributed by atoms with Gasteiger partial charge in [-0.05, 0) is 30.7 Å². The lowest BCUT2D eigenvalue weighted by atomic mass is 10.1. The third kappa shape index (κ3) is 3.78. The second-order valence-corrected chi connectivity index (χ2v) is 4.79. The van der Waals surface area contributed by atoms with Crippen molar-refractivity contribution in [2.45, 2.75) is 19.4 Å². The van der Waals surface area contributed by atoms with Crippen LogP contribution in [0, 0.1) is 0 Å². The first-order valence-electron chi connectivity index (χ1n) is 6.74. The summed E-state index contributed by atoms with van der Waals surface area (Å²) in [6.07, 6.45) is 1.25. The first kappa shape index (κ1) is 14.0. The molecule has 1 saturated heterocycles. The molecule has 0 bridgehead atoms. The van der Waals surface area contributed by atoms with Crippen LogP contribution in [0.4, 0.5) is 0 Å². The van der Waals surface area contributed by atoms with Gasteiger partial charge in [0.05, 0.1) is 26.4 Å². The number of Topliss-reactive ketones (excluding diaryl/α,β-unsaturated/α-hetero) is 1. The van der Waals surface area contributed by atoms with Crippen molar-refractivity contribution in [1.29, 1.82) is 0 Å². The summed E-state index contributed by atoms with van der Waals surface area (Å²) in [6.45, 7) is 4.97. The second kappa shape index (κ2) is 6.68. The number of morpholine rings is 1. The Balaban J connectivity index is 1.92. The highest BCUT2D eigenvalue weighted by atomic mass is 16.5. The number of rotatable bonds is 5. The molecule has 1 aromatic rings. The minimum Gasteiger partial charge on any atom is -0.497 e. The van der Waals surface area contributed by atoms with E-state index in [0.29, 0.717) is 13.2 Å². The first-order chi connectivity index (χ1) is 9.22. The highest BCUT2D eigenvalue weighted by Gasteiger charge is 2.21. The first-order valence-corrected chi connectivity index (χ1v) is 6.74. The van der Waals surface area contributed by atoms with Crippen LogP contribution in [-0.2, 0) is 4.74 Å². The van der Waals surface area contributed by atoms with Crippen LogP contribution in [0.3, 0.4) is 0 Å². The molecular weight excluding hydrogens is 242 g/mol. The maximum atomic E-state index is 12.2. The summed E-state index contributed by atoms with van der Waals surface area (Å²) in [5.41, 5.74) is 0.736. The molecule has 0 saturated carbocycles. The van der Waals surface area contributed by atoms with Gasteiger partial charge in [-0.1, -0.05) is 6.92 Å². The standard InChI is InChI=1S/C15H21NO3/c1-3-13-10-16(8-9-19-13)11-15(17)12-4-6-14(18-2)7-5-12/h4-7,13H,3,8-11H2,1-2H3. The maximum Gasteiger partial charge on any atom is 0.176 e. The Hall–Kier alpha value is -1.39. The van der Waals surface area contributed by atoms with Crippen molar-refractivity contribution < 1.29 is 14.3 Å². The van der Waals surface area contributed by atoms with Gasteiger partial charge in [-0.15, -0.1) is 0 Å². The van der Waals surface area contributed by atoms with E-state index >= 15 is 0 Å². The molecule has 1 aliphatic rings. The zero-order valence-corrected chi connectivity index (χ0v) is 11.6. The average molecular weight is 263 g/mol. The molecule has 0 amide bonds. The van der Waals surface area contributed by atoms with Crippen molar-refractivity contribution >= 4 is 5.78 Å². The summed E-state index contributed by atoms with van der Waals surface area (Å²) in [5.74, 6) is 0.924. The van der Waals surface area contributed by atoms with Crippen molar-refractivity contribution in [3.05, 3.63) is 29.8 Å². The summed E-state index contributed by atoms with van der Waals surface area (Å²) in [6, 6.07) is 7.28. The molecule has 1 unspecified atom stereocenters. The molecule has 1 atom stereocenters. The molecule has 0 aromatic heterocycles. The number of benzene rings is 1. The Morgan fingerprint density at radius 1 is 1.42 bits per heavy atom. The fourth-order valence-corrected chi connectivity index (χ4v) is 2.24. The van der Waals surface area contributed by atoms with E-state index in [0.717, 1.165) is 30.8 Å². The molecule has 1 aliphatic heterocycles. The van der Waals surface area contributed by atoms with Gasteiger partial charge in [-0.3, -0.25) is 9.69 Å². The number of methoxy groups -OCH3 is 1. The zero-order chi connectivity index (χ0) is 13.7. The zero-order valence-electron chi connectivity index (χ0n) is 11.6. The summed E-state index contributed by atoms with van der Waals surface area (Å²) in [7, 11) is 1.62. The predicted octanol–water partition coefficient (Wildman–Crippen LogP) is 1.99. The van der Waals surface area contributed by atoms with E-state index in [1.807, 2.05) is 24.3 Å². The molecule has 0 N–H and O–H groups in total. The van der Waals surface area contributed by atoms with Gasteiger partial charge in [0.15, 0.2) is 5.78 Å².